The molecule has 0 atom stereocenters. The Balaban J connectivity index is 2.54. The minimum atomic E-state index is -0.432. The first-order valence-corrected chi connectivity index (χ1v) is 8.99. The Kier molecular flexibility index (Phi) is 7.58. The molecule has 1 fully saturated rings. The predicted octanol–water partition coefficient (Wildman–Crippen LogP) is 3.82. The van der Waals surface area contributed by atoms with E-state index in [1.807, 2.05) is 34.6 Å². The lowest BCUT2D eigenvalue weighted by Gasteiger charge is -2.28. The maximum Gasteiger partial charge on any atom is 0.230 e. The van der Waals surface area contributed by atoms with Crippen LogP contribution in [0.2, 0.25) is 0 Å². The second-order valence-electron chi connectivity index (χ2n) is 8.51. The van der Waals surface area contributed by atoms with Crippen molar-refractivity contribution in [2.24, 2.45) is 21.7 Å². The second kappa shape index (κ2) is 8.75. The third-order valence-electron chi connectivity index (χ3n) is 4.91. The van der Waals surface area contributed by atoms with Gasteiger partial charge in [-0.2, -0.15) is 0 Å². The van der Waals surface area contributed by atoms with Gasteiger partial charge in [-0.25, -0.2) is 0 Å². The van der Waals surface area contributed by atoms with Crippen LogP contribution in [-0.2, 0) is 9.53 Å². The fourth-order valence-electron chi connectivity index (χ4n) is 2.63. The fourth-order valence-corrected chi connectivity index (χ4v) is 2.63. The Morgan fingerprint density at radius 2 is 1.79 bits per heavy atom. The van der Waals surface area contributed by atoms with Crippen molar-refractivity contribution in [3.8, 4) is 0 Å². The lowest BCUT2D eigenvalue weighted by Crippen LogP contribution is -2.42. The number of carbonyl (C=O) groups excluding carboxylic acids is 1. The molecule has 0 spiro atoms. The average Bonchev–Trinajstić information content (AvgIpc) is 2.52. The SMILES string of the molecule is CN=C(CC(=N)C(C)(C)C)NC(=O)C(C)(C)CCC1CCOCC1. The zero-order valence-corrected chi connectivity index (χ0v) is 16.3. The molecule has 0 saturated carbocycles. The van der Waals surface area contributed by atoms with Gasteiger partial charge in [0.25, 0.3) is 0 Å². The van der Waals surface area contributed by atoms with Crippen molar-refractivity contribution in [1.82, 2.24) is 5.32 Å². The van der Waals surface area contributed by atoms with Gasteiger partial charge in [-0.1, -0.05) is 34.6 Å². The van der Waals surface area contributed by atoms with E-state index in [-0.39, 0.29) is 11.3 Å². The maximum absolute atomic E-state index is 12.7. The van der Waals surface area contributed by atoms with E-state index in [0.717, 1.165) is 38.9 Å². The first-order chi connectivity index (χ1) is 11.1. The molecule has 1 amide bonds. The van der Waals surface area contributed by atoms with E-state index < -0.39 is 5.41 Å². The van der Waals surface area contributed by atoms with Gasteiger partial charge in [0.05, 0.1) is 0 Å². The molecule has 0 aromatic carbocycles. The summed E-state index contributed by atoms with van der Waals surface area (Å²) in [5.41, 5.74) is -0.0689. The molecule has 0 aliphatic carbocycles. The molecule has 0 aromatic heterocycles. The Labute approximate surface area is 147 Å². The number of nitrogens with one attached hydrogen (secondary N) is 2. The molecule has 24 heavy (non-hydrogen) atoms. The molecule has 1 rings (SSSR count). The lowest BCUT2D eigenvalue weighted by atomic mass is 9.81. The Morgan fingerprint density at radius 3 is 2.29 bits per heavy atom. The molecular formula is C19H35N3O2. The van der Waals surface area contributed by atoms with Gasteiger partial charge in [-0.3, -0.25) is 9.79 Å². The number of carbonyl (C=O) groups is 1. The number of rotatable bonds is 6. The standard InChI is InChI=1S/C19H35N3O2/c1-18(2,3)15(20)13-16(21-6)22-17(23)19(4,5)10-7-14-8-11-24-12-9-14/h14,20H,7-13H2,1-6H3,(H,21,22,23). The lowest BCUT2D eigenvalue weighted by molar-refractivity contribution is -0.128. The Morgan fingerprint density at radius 1 is 1.21 bits per heavy atom. The summed E-state index contributed by atoms with van der Waals surface area (Å²) in [6.07, 6.45) is 4.50. The molecule has 0 unspecified atom stereocenters. The van der Waals surface area contributed by atoms with Gasteiger partial charge in [0.15, 0.2) is 0 Å². The molecule has 0 bridgehead atoms. The fraction of sp³-hybridized carbons (Fsp3) is 0.842. The van der Waals surface area contributed by atoms with Crippen molar-refractivity contribution in [3.05, 3.63) is 0 Å². The monoisotopic (exact) mass is 337 g/mol. The summed E-state index contributed by atoms with van der Waals surface area (Å²) in [4.78, 5) is 16.8. The number of amidine groups is 1. The van der Waals surface area contributed by atoms with Gasteiger partial charge in [-0.05, 0) is 37.0 Å². The highest BCUT2D eigenvalue weighted by Crippen LogP contribution is 2.29. The van der Waals surface area contributed by atoms with Gasteiger partial charge < -0.3 is 15.5 Å². The van der Waals surface area contributed by atoms with Crippen LogP contribution >= 0.6 is 0 Å². The maximum atomic E-state index is 12.7. The van der Waals surface area contributed by atoms with Crippen LogP contribution in [0.15, 0.2) is 4.99 Å². The largest absolute Gasteiger partial charge is 0.381 e. The summed E-state index contributed by atoms with van der Waals surface area (Å²) in [5.74, 6) is 1.25. The molecule has 1 aliphatic heterocycles. The third kappa shape index (κ3) is 6.71. The Hall–Kier alpha value is -1.23. The van der Waals surface area contributed by atoms with E-state index in [1.165, 1.54) is 0 Å². The normalized spacial score (nSPS) is 17.7. The van der Waals surface area contributed by atoms with Gasteiger partial charge in [0.1, 0.15) is 5.84 Å². The number of hydrogen-bond acceptors (Lipinski definition) is 4. The predicted molar refractivity (Wildman–Crippen MR) is 99.9 cm³/mol. The van der Waals surface area contributed by atoms with Crippen molar-refractivity contribution in [2.45, 2.75) is 66.7 Å². The van der Waals surface area contributed by atoms with Crippen LogP contribution in [0.4, 0.5) is 0 Å². The van der Waals surface area contributed by atoms with Crippen molar-refractivity contribution in [2.75, 3.05) is 20.3 Å². The van der Waals surface area contributed by atoms with Gasteiger partial charge in [-0.15, -0.1) is 0 Å². The van der Waals surface area contributed by atoms with Crippen LogP contribution in [0, 0.1) is 22.2 Å². The first kappa shape index (κ1) is 20.8. The summed E-state index contributed by atoms with van der Waals surface area (Å²) in [7, 11) is 1.67. The van der Waals surface area contributed by atoms with Crippen LogP contribution in [0.5, 0.6) is 0 Å². The molecule has 1 heterocycles. The topological polar surface area (TPSA) is 74.5 Å². The molecule has 5 heteroatoms. The number of nitrogens with zero attached hydrogens (tertiary/aromatic N) is 1. The van der Waals surface area contributed by atoms with Crippen molar-refractivity contribution in [1.29, 1.82) is 5.41 Å². The highest BCUT2D eigenvalue weighted by Gasteiger charge is 2.30. The first-order valence-electron chi connectivity index (χ1n) is 8.99. The van der Waals surface area contributed by atoms with E-state index in [2.05, 4.69) is 10.3 Å². The average molecular weight is 338 g/mol. The summed E-state index contributed by atoms with van der Waals surface area (Å²) in [6, 6.07) is 0. The number of aliphatic imine (C=N–C) groups is 1. The number of hydrogen-bond donors (Lipinski definition) is 2. The zero-order chi connectivity index (χ0) is 18.4. The molecule has 1 saturated heterocycles. The quantitative estimate of drug-likeness (QED) is 0.571. The Bertz CT molecular complexity index is 469. The summed E-state index contributed by atoms with van der Waals surface area (Å²) in [6.45, 7) is 11.7. The smallest absolute Gasteiger partial charge is 0.230 e. The van der Waals surface area contributed by atoms with E-state index in [9.17, 15) is 4.79 Å². The van der Waals surface area contributed by atoms with Crippen LogP contribution in [-0.4, -0.2) is 37.7 Å². The molecule has 0 aromatic rings. The molecule has 5 nitrogen and oxygen atoms in total. The number of amides is 1. The van der Waals surface area contributed by atoms with Crippen molar-refractivity contribution in [3.63, 3.8) is 0 Å². The number of ether oxygens (including phenoxy) is 1. The summed E-state index contributed by atoms with van der Waals surface area (Å²) < 4.78 is 5.40. The highest BCUT2D eigenvalue weighted by atomic mass is 16.5. The minimum Gasteiger partial charge on any atom is -0.381 e. The van der Waals surface area contributed by atoms with Crippen LogP contribution in [0.1, 0.15) is 66.7 Å². The molecule has 1 aliphatic rings. The molecule has 138 valence electrons. The van der Waals surface area contributed by atoms with Crippen molar-refractivity contribution < 1.29 is 9.53 Å². The second-order valence-corrected chi connectivity index (χ2v) is 8.51. The highest BCUT2D eigenvalue weighted by molar-refractivity contribution is 6.10. The zero-order valence-electron chi connectivity index (χ0n) is 16.3. The molecular weight excluding hydrogens is 302 g/mol. The summed E-state index contributed by atoms with van der Waals surface area (Å²) >= 11 is 0. The van der Waals surface area contributed by atoms with E-state index in [0.29, 0.717) is 23.9 Å². The van der Waals surface area contributed by atoms with Gasteiger partial charge in [0, 0.05) is 37.8 Å². The van der Waals surface area contributed by atoms with Gasteiger partial charge >= 0.3 is 0 Å². The summed E-state index contributed by atoms with van der Waals surface area (Å²) in [5, 5.41) is 11.1. The van der Waals surface area contributed by atoms with E-state index in [4.69, 9.17) is 10.1 Å². The molecule has 0 radical (unpaired) electrons. The van der Waals surface area contributed by atoms with E-state index in [1.54, 1.807) is 7.05 Å². The van der Waals surface area contributed by atoms with Crippen LogP contribution < -0.4 is 5.32 Å². The van der Waals surface area contributed by atoms with Crippen molar-refractivity contribution >= 4 is 17.5 Å². The van der Waals surface area contributed by atoms with Gasteiger partial charge in [0.2, 0.25) is 5.91 Å². The van der Waals surface area contributed by atoms with E-state index >= 15 is 0 Å². The third-order valence-corrected chi connectivity index (χ3v) is 4.91. The molecule has 2 N–H and O–H groups in total. The van der Waals surface area contributed by atoms with Crippen LogP contribution in [0.3, 0.4) is 0 Å². The van der Waals surface area contributed by atoms with Crippen LogP contribution in [0.25, 0.3) is 0 Å². The minimum absolute atomic E-state index is 0.00290.